The van der Waals surface area contributed by atoms with E-state index in [0.717, 1.165) is 0 Å². The van der Waals surface area contributed by atoms with Crippen LogP contribution in [-0.2, 0) is 11.4 Å². The van der Waals surface area contributed by atoms with Crippen LogP contribution in [0.3, 0.4) is 0 Å². The highest BCUT2D eigenvalue weighted by Crippen LogP contribution is 2.17. The maximum atomic E-state index is 10.4. The van der Waals surface area contributed by atoms with E-state index >= 15 is 0 Å². The first kappa shape index (κ1) is 12.5. The van der Waals surface area contributed by atoms with E-state index in [1.54, 1.807) is 24.3 Å². The monoisotopic (exact) mass is 225 g/mol. The highest BCUT2D eigenvalue weighted by atomic mass is 16.5. The molecule has 0 amide bonds. The molecule has 1 unspecified atom stereocenters. The fourth-order valence-corrected chi connectivity index (χ4v) is 1.19. The van der Waals surface area contributed by atoms with E-state index in [1.807, 2.05) is 0 Å². The van der Waals surface area contributed by atoms with Gasteiger partial charge in [-0.05, 0) is 6.07 Å². The molecule has 0 aliphatic carbocycles. The van der Waals surface area contributed by atoms with Gasteiger partial charge in [-0.3, -0.25) is 4.79 Å². The Morgan fingerprint density at radius 1 is 1.44 bits per heavy atom. The Balaban J connectivity index is 2.45. The molecule has 1 aromatic rings. The fraction of sp³-hybridized carbons (Fsp3) is 0.364. The molecule has 16 heavy (non-hydrogen) atoms. The van der Waals surface area contributed by atoms with Crippen molar-refractivity contribution < 1.29 is 19.7 Å². The number of rotatable bonds is 6. The molecular weight excluding hydrogens is 210 g/mol. The lowest BCUT2D eigenvalue weighted by atomic mass is 10.2. The molecule has 1 atom stereocenters. The number of ether oxygens (including phenoxy) is 1. The van der Waals surface area contributed by atoms with E-state index in [2.05, 4.69) is 0 Å². The number of carbonyl (C=O) groups is 1. The van der Waals surface area contributed by atoms with E-state index in [9.17, 15) is 4.79 Å². The number of carboxylic acids is 1. The number of para-hydroxylation sites is 1. The standard InChI is InChI=1S/C11H15NO4/c12-9(11(14)15)5-6-16-10-4-2-1-3-8(10)7-13/h1-4,9,13H,5-7,12H2,(H,14,15). The van der Waals surface area contributed by atoms with E-state index < -0.39 is 12.0 Å². The second kappa shape index (κ2) is 6.09. The first-order chi connectivity index (χ1) is 7.65. The summed E-state index contributed by atoms with van der Waals surface area (Å²) in [6.07, 6.45) is 0.231. The van der Waals surface area contributed by atoms with Gasteiger partial charge in [-0.15, -0.1) is 0 Å². The first-order valence-electron chi connectivity index (χ1n) is 4.95. The van der Waals surface area contributed by atoms with Crippen molar-refractivity contribution in [3.63, 3.8) is 0 Å². The summed E-state index contributed by atoms with van der Waals surface area (Å²) in [5, 5.41) is 17.6. The Morgan fingerprint density at radius 3 is 2.75 bits per heavy atom. The number of aliphatic hydroxyl groups is 1. The van der Waals surface area contributed by atoms with Crippen molar-refractivity contribution in [1.29, 1.82) is 0 Å². The summed E-state index contributed by atoms with van der Waals surface area (Å²) in [5.74, 6) is -0.485. The lowest BCUT2D eigenvalue weighted by molar-refractivity contribution is -0.138. The van der Waals surface area contributed by atoms with Gasteiger partial charge in [0.2, 0.25) is 0 Å². The van der Waals surface area contributed by atoms with Crippen molar-refractivity contribution in [1.82, 2.24) is 0 Å². The van der Waals surface area contributed by atoms with Gasteiger partial charge in [0.15, 0.2) is 0 Å². The van der Waals surface area contributed by atoms with Gasteiger partial charge >= 0.3 is 5.97 Å². The maximum absolute atomic E-state index is 10.4. The molecule has 1 aromatic carbocycles. The summed E-state index contributed by atoms with van der Waals surface area (Å²) in [4.78, 5) is 10.4. The van der Waals surface area contributed by atoms with Crippen LogP contribution in [0.2, 0.25) is 0 Å². The third-order valence-electron chi connectivity index (χ3n) is 2.15. The van der Waals surface area contributed by atoms with Crippen molar-refractivity contribution in [2.75, 3.05) is 6.61 Å². The zero-order valence-corrected chi connectivity index (χ0v) is 8.80. The van der Waals surface area contributed by atoms with Crippen LogP contribution in [0.25, 0.3) is 0 Å². The molecule has 0 bridgehead atoms. The van der Waals surface area contributed by atoms with Gasteiger partial charge in [-0.1, -0.05) is 18.2 Å². The summed E-state index contributed by atoms with van der Waals surface area (Å²) < 4.78 is 5.35. The van der Waals surface area contributed by atoms with Crippen molar-refractivity contribution in [2.45, 2.75) is 19.1 Å². The molecule has 5 heteroatoms. The van der Waals surface area contributed by atoms with Crippen LogP contribution in [0.5, 0.6) is 5.75 Å². The number of aliphatic carboxylic acids is 1. The van der Waals surface area contributed by atoms with Crippen LogP contribution in [0, 0.1) is 0 Å². The second-order valence-electron chi connectivity index (χ2n) is 3.35. The molecule has 1 rings (SSSR count). The number of benzene rings is 1. The Hall–Kier alpha value is -1.59. The minimum atomic E-state index is -1.04. The lowest BCUT2D eigenvalue weighted by Crippen LogP contribution is -2.31. The van der Waals surface area contributed by atoms with E-state index in [0.29, 0.717) is 11.3 Å². The summed E-state index contributed by atoms with van der Waals surface area (Å²) in [5.41, 5.74) is 5.99. The van der Waals surface area contributed by atoms with Gasteiger partial charge in [-0.25, -0.2) is 0 Å². The van der Waals surface area contributed by atoms with Crippen molar-refractivity contribution in [2.24, 2.45) is 5.73 Å². The van der Waals surface area contributed by atoms with E-state index in [-0.39, 0.29) is 19.6 Å². The normalized spacial score (nSPS) is 12.1. The molecule has 0 saturated carbocycles. The van der Waals surface area contributed by atoms with E-state index in [1.165, 1.54) is 0 Å². The van der Waals surface area contributed by atoms with Gasteiger partial charge < -0.3 is 20.7 Å². The summed E-state index contributed by atoms with van der Waals surface area (Å²) in [6, 6.07) is 6.12. The molecule has 88 valence electrons. The third-order valence-corrected chi connectivity index (χ3v) is 2.15. The zero-order chi connectivity index (χ0) is 12.0. The Kier molecular flexibility index (Phi) is 4.75. The molecule has 0 aliphatic rings. The second-order valence-corrected chi connectivity index (χ2v) is 3.35. The SMILES string of the molecule is NC(CCOc1ccccc1CO)C(=O)O. The van der Waals surface area contributed by atoms with Crippen LogP contribution in [0.4, 0.5) is 0 Å². The molecule has 0 saturated heterocycles. The Labute approximate surface area is 93.5 Å². The largest absolute Gasteiger partial charge is 0.493 e. The van der Waals surface area contributed by atoms with Crippen LogP contribution >= 0.6 is 0 Å². The smallest absolute Gasteiger partial charge is 0.320 e. The van der Waals surface area contributed by atoms with Crippen LogP contribution in [0.1, 0.15) is 12.0 Å². The van der Waals surface area contributed by atoms with Gasteiger partial charge in [0.05, 0.1) is 13.2 Å². The quantitative estimate of drug-likeness (QED) is 0.650. The number of aliphatic hydroxyl groups excluding tert-OH is 1. The van der Waals surface area contributed by atoms with Crippen molar-refractivity contribution in [3.8, 4) is 5.75 Å². The minimum absolute atomic E-state index is 0.110. The molecule has 0 radical (unpaired) electrons. The van der Waals surface area contributed by atoms with Crippen molar-refractivity contribution >= 4 is 5.97 Å². The number of hydrogen-bond acceptors (Lipinski definition) is 4. The topological polar surface area (TPSA) is 92.8 Å². The first-order valence-corrected chi connectivity index (χ1v) is 4.95. The van der Waals surface area contributed by atoms with Crippen LogP contribution in [0.15, 0.2) is 24.3 Å². The summed E-state index contributed by atoms with van der Waals surface area (Å²) in [7, 11) is 0. The summed E-state index contributed by atoms with van der Waals surface area (Å²) >= 11 is 0. The molecule has 0 aliphatic heterocycles. The van der Waals surface area contributed by atoms with Gasteiger partial charge in [-0.2, -0.15) is 0 Å². The minimum Gasteiger partial charge on any atom is -0.493 e. The van der Waals surface area contributed by atoms with Crippen LogP contribution in [-0.4, -0.2) is 28.8 Å². The zero-order valence-electron chi connectivity index (χ0n) is 8.80. The molecule has 5 nitrogen and oxygen atoms in total. The van der Waals surface area contributed by atoms with Gasteiger partial charge in [0.1, 0.15) is 11.8 Å². The molecular formula is C11H15NO4. The average molecular weight is 225 g/mol. The molecule has 0 heterocycles. The molecule has 0 aromatic heterocycles. The molecule has 0 spiro atoms. The Bertz CT molecular complexity index is 354. The maximum Gasteiger partial charge on any atom is 0.320 e. The highest BCUT2D eigenvalue weighted by molar-refractivity contribution is 5.72. The van der Waals surface area contributed by atoms with Crippen LogP contribution < -0.4 is 10.5 Å². The third kappa shape index (κ3) is 3.52. The molecule has 4 N–H and O–H groups in total. The highest BCUT2D eigenvalue weighted by Gasteiger charge is 2.11. The lowest BCUT2D eigenvalue weighted by Gasteiger charge is -2.11. The summed E-state index contributed by atoms with van der Waals surface area (Å²) in [6.45, 7) is 0.103. The van der Waals surface area contributed by atoms with Crippen molar-refractivity contribution in [3.05, 3.63) is 29.8 Å². The van der Waals surface area contributed by atoms with Gasteiger partial charge in [0.25, 0.3) is 0 Å². The average Bonchev–Trinajstić information content (AvgIpc) is 2.29. The predicted octanol–water partition coefficient (Wildman–Crippen LogP) is 0.360. The molecule has 0 fully saturated rings. The number of hydrogen-bond donors (Lipinski definition) is 3. The predicted molar refractivity (Wildman–Crippen MR) is 58.1 cm³/mol. The number of carboxylic acid groups (broad SMARTS) is 1. The Morgan fingerprint density at radius 2 is 2.12 bits per heavy atom. The van der Waals surface area contributed by atoms with Gasteiger partial charge in [0, 0.05) is 12.0 Å². The fourth-order valence-electron chi connectivity index (χ4n) is 1.19. The van der Waals surface area contributed by atoms with E-state index in [4.69, 9.17) is 20.7 Å². The number of nitrogens with two attached hydrogens (primary N) is 1.